The van der Waals surface area contributed by atoms with Gasteiger partial charge >= 0.3 is 0 Å². The largest absolute Gasteiger partial charge is 0.337 e. The summed E-state index contributed by atoms with van der Waals surface area (Å²) >= 11 is 0. The van der Waals surface area contributed by atoms with Crippen LogP contribution in [0, 0.1) is 13.8 Å². The SMILES string of the molecule is Cc1ccc(-c2noc([C@@H](C)NS(=O)(=O)c3ccc(C)cc3)n2)cc1. The molecule has 0 aliphatic carbocycles. The molecule has 0 aliphatic heterocycles. The van der Waals surface area contributed by atoms with E-state index in [4.69, 9.17) is 4.52 Å². The van der Waals surface area contributed by atoms with E-state index < -0.39 is 16.1 Å². The minimum absolute atomic E-state index is 0.197. The predicted molar refractivity (Wildman–Crippen MR) is 94.4 cm³/mol. The number of aromatic nitrogens is 2. The predicted octanol–water partition coefficient (Wildman–Crippen LogP) is 3.39. The number of rotatable bonds is 5. The van der Waals surface area contributed by atoms with Gasteiger partial charge < -0.3 is 4.52 Å². The zero-order chi connectivity index (χ0) is 18.0. The van der Waals surface area contributed by atoms with Crippen LogP contribution in [-0.4, -0.2) is 18.6 Å². The van der Waals surface area contributed by atoms with Crippen LogP contribution in [0.5, 0.6) is 0 Å². The highest BCUT2D eigenvalue weighted by molar-refractivity contribution is 7.89. The molecule has 1 N–H and O–H groups in total. The highest BCUT2D eigenvalue weighted by atomic mass is 32.2. The molecule has 0 aliphatic rings. The third-order valence-corrected chi connectivity index (χ3v) is 5.34. The monoisotopic (exact) mass is 357 g/mol. The van der Waals surface area contributed by atoms with Crippen LogP contribution in [0.15, 0.2) is 57.9 Å². The summed E-state index contributed by atoms with van der Waals surface area (Å²) in [5.74, 6) is 0.641. The zero-order valence-electron chi connectivity index (χ0n) is 14.2. The van der Waals surface area contributed by atoms with E-state index in [-0.39, 0.29) is 10.8 Å². The maximum Gasteiger partial charge on any atom is 0.244 e. The second kappa shape index (κ2) is 6.78. The van der Waals surface area contributed by atoms with Crippen LogP contribution in [-0.2, 0) is 10.0 Å². The second-order valence-electron chi connectivity index (χ2n) is 5.98. The van der Waals surface area contributed by atoms with Crippen molar-refractivity contribution >= 4 is 10.0 Å². The van der Waals surface area contributed by atoms with Gasteiger partial charge in [0.2, 0.25) is 21.7 Å². The third kappa shape index (κ3) is 3.94. The Morgan fingerprint density at radius 3 is 2.12 bits per heavy atom. The lowest BCUT2D eigenvalue weighted by atomic mass is 10.1. The van der Waals surface area contributed by atoms with Crippen molar-refractivity contribution in [1.82, 2.24) is 14.9 Å². The number of hydrogen-bond donors (Lipinski definition) is 1. The molecule has 0 amide bonds. The van der Waals surface area contributed by atoms with E-state index in [9.17, 15) is 8.42 Å². The Hall–Kier alpha value is -2.51. The molecule has 7 heteroatoms. The molecule has 0 spiro atoms. The lowest BCUT2D eigenvalue weighted by molar-refractivity contribution is 0.354. The smallest absolute Gasteiger partial charge is 0.244 e. The molecule has 1 heterocycles. The number of benzene rings is 2. The summed E-state index contributed by atoms with van der Waals surface area (Å²) in [6.45, 7) is 5.56. The van der Waals surface area contributed by atoms with Gasteiger partial charge in [0, 0.05) is 5.56 Å². The molecule has 3 aromatic rings. The first-order valence-corrected chi connectivity index (χ1v) is 9.33. The molecule has 25 heavy (non-hydrogen) atoms. The fourth-order valence-corrected chi connectivity index (χ4v) is 3.50. The first-order valence-electron chi connectivity index (χ1n) is 7.85. The van der Waals surface area contributed by atoms with Gasteiger partial charge in [-0.25, -0.2) is 8.42 Å². The van der Waals surface area contributed by atoms with E-state index in [1.54, 1.807) is 31.2 Å². The average Bonchev–Trinajstić information content (AvgIpc) is 3.06. The maximum absolute atomic E-state index is 12.4. The Morgan fingerprint density at radius 1 is 0.960 bits per heavy atom. The van der Waals surface area contributed by atoms with Crippen molar-refractivity contribution in [2.75, 3.05) is 0 Å². The topological polar surface area (TPSA) is 85.1 Å². The molecule has 2 aromatic carbocycles. The van der Waals surface area contributed by atoms with Crippen LogP contribution in [0.1, 0.15) is 30.0 Å². The quantitative estimate of drug-likeness (QED) is 0.756. The Kier molecular flexibility index (Phi) is 4.69. The van der Waals surface area contributed by atoms with Gasteiger partial charge in [-0.05, 0) is 32.9 Å². The van der Waals surface area contributed by atoms with E-state index in [0.29, 0.717) is 5.82 Å². The fourth-order valence-electron chi connectivity index (χ4n) is 2.30. The minimum atomic E-state index is -3.66. The van der Waals surface area contributed by atoms with Crippen LogP contribution in [0.25, 0.3) is 11.4 Å². The van der Waals surface area contributed by atoms with E-state index in [2.05, 4.69) is 14.9 Å². The molecule has 1 atom stereocenters. The van der Waals surface area contributed by atoms with Crippen molar-refractivity contribution < 1.29 is 12.9 Å². The van der Waals surface area contributed by atoms with Crippen molar-refractivity contribution in [2.24, 2.45) is 0 Å². The summed E-state index contributed by atoms with van der Waals surface area (Å²) in [5, 5.41) is 3.93. The van der Waals surface area contributed by atoms with Crippen LogP contribution >= 0.6 is 0 Å². The minimum Gasteiger partial charge on any atom is -0.337 e. The van der Waals surface area contributed by atoms with Gasteiger partial charge in [-0.2, -0.15) is 9.71 Å². The summed E-state index contributed by atoms with van der Waals surface area (Å²) in [6, 6.07) is 13.7. The molecular weight excluding hydrogens is 338 g/mol. The van der Waals surface area contributed by atoms with Gasteiger partial charge in [0.05, 0.1) is 10.9 Å². The van der Waals surface area contributed by atoms with Gasteiger partial charge in [-0.3, -0.25) is 0 Å². The van der Waals surface area contributed by atoms with Gasteiger partial charge in [0.25, 0.3) is 0 Å². The number of aryl methyl sites for hydroxylation is 2. The summed E-state index contributed by atoms with van der Waals surface area (Å²) in [5.41, 5.74) is 2.94. The molecular formula is C18H19N3O3S. The Balaban J connectivity index is 1.78. The van der Waals surface area contributed by atoms with E-state index in [1.165, 1.54) is 0 Å². The Bertz CT molecular complexity index is 962. The molecule has 0 saturated heterocycles. The van der Waals surface area contributed by atoms with Gasteiger partial charge in [0.15, 0.2) is 0 Å². The molecule has 130 valence electrons. The standard InChI is InChI=1S/C18H19N3O3S/c1-12-4-8-15(9-5-12)17-19-18(24-20-17)14(3)21-25(22,23)16-10-6-13(2)7-11-16/h4-11,14,21H,1-3H3/t14-/m1/s1. The molecule has 3 rings (SSSR count). The first kappa shape index (κ1) is 17.3. The Labute approximate surface area is 147 Å². The average molecular weight is 357 g/mol. The van der Waals surface area contributed by atoms with Crippen LogP contribution < -0.4 is 4.72 Å². The van der Waals surface area contributed by atoms with E-state index >= 15 is 0 Å². The number of nitrogens with one attached hydrogen (secondary N) is 1. The van der Waals surface area contributed by atoms with Gasteiger partial charge in [0.1, 0.15) is 0 Å². The molecule has 0 saturated carbocycles. The van der Waals surface area contributed by atoms with E-state index in [0.717, 1.165) is 16.7 Å². The summed E-state index contributed by atoms with van der Waals surface area (Å²) < 4.78 is 32.7. The zero-order valence-corrected chi connectivity index (χ0v) is 15.0. The number of nitrogens with zero attached hydrogens (tertiary/aromatic N) is 2. The summed E-state index contributed by atoms with van der Waals surface area (Å²) in [7, 11) is -3.66. The molecule has 1 aromatic heterocycles. The molecule has 6 nitrogen and oxygen atoms in total. The summed E-state index contributed by atoms with van der Waals surface area (Å²) in [6.07, 6.45) is 0. The number of sulfonamides is 1. The first-order chi connectivity index (χ1) is 11.8. The normalized spacial score (nSPS) is 12.9. The van der Waals surface area contributed by atoms with Crippen LogP contribution in [0.3, 0.4) is 0 Å². The highest BCUT2D eigenvalue weighted by Gasteiger charge is 2.22. The van der Waals surface area contributed by atoms with Crippen LogP contribution in [0.4, 0.5) is 0 Å². The van der Waals surface area contributed by atoms with Crippen molar-refractivity contribution in [2.45, 2.75) is 31.7 Å². The highest BCUT2D eigenvalue weighted by Crippen LogP contribution is 2.20. The van der Waals surface area contributed by atoms with Crippen molar-refractivity contribution in [3.63, 3.8) is 0 Å². The molecule has 0 radical (unpaired) electrons. The number of hydrogen-bond acceptors (Lipinski definition) is 5. The van der Waals surface area contributed by atoms with Gasteiger partial charge in [-0.1, -0.05) is 52.7 Å². The second-order valence-corrected chi connectivity index (χ2v) is 7.69. The molecule has 0 unspecified atom stereocenters. The Morgan fingerprint density at radius 2 is 1.52 bits per heavy atom. The lowest BCUT2D eigenvalue weighted by Crippen LogP contribution is -2.27. The van der Waals surface area contributed by atoms with Crippen molar-refractivity contribution in [3.8, 4) is 11.4 Å². The van der Waals surface area contributed by atoms with Crippen LogP contribution in [0.2, 0.25) is 0 Å². The lowest BCUT2D eigenvalue weighted by Gasteiger charge is -2.10. The maximum atomic E-state index is 12.4. The van der Waals surface area contributed by atoms with Gasteiger partial charge in [-0.15, -0.1) is 0 Å². The van der Waals surface area contributed by atoms with Crippen molar-refractivity contribution in [3.05, 3.63) is 65.5 Å². The third-order valence-electron chi connectivity index (χ3n) is 3.79. The molecule has 0 bridgehead atoms. The van der Waals surface area contributed by atoms with Crippen molar-refractivity contribution in [1.29, 1.82) is 0 Å². The summed E-state index contributed by atoms with van der Waals surface area (Å²) in [4.78, 5) is 4.49. The van der Waals surface area contributed by atoms with E-state index in [1.807, 2.05) is 38.1 Å². The molecule has 0 fully saturated rings. The fraction of sp³-hybridized carbons (Fsp3) is 0.222.